The molecule has 0 bridgehead atoms. The third-order valence-electron chi connectivity index (χ3n) is 2.77. The lowest BCUT2D eigenvalue weighted by Crippen LogP contribution is -2.15. The van der Waals surface area contributed by atoms with Crippen LogP contribution in [0.25, 0.3) is 0 Å². The average Bonchev–Trinajstić information content (AvgIpc) is 2.70. The molecule has 0 fully saturated rings. The van der Waals surface area contributed by atoms with E-state index in [2.05, 4.69) is 15.5 Å². The molecule has 104 valence electrons. The second-order valence-corrected chi connectivity index (χ2v) is 4.18. The Kier molecular flexibility index (Phi) is 3.47. The second kappa shape index (κ2) is 5.08. The third kappa shape index (κ3) is 2.48. The standard InChI is InChI=1S/C12H11FN4O3/c1-6-11(7(2)16-15-6)14-12(18)9-5-8(13)3-4-10(9)17(19)20/h3-5H,1-2H3,(H,14,18)(H,15,16). The summed E-state index contributed by atoms with van der Waals surface area (Å²) in [5.41, 5.74) is 0.774. The fourth-order valence-corrected chi connectivity index (χ4v) is 1.77. The quantitative estimate of drug-likeness (QED) is 0.664. The molecule has 0 aliphatic carbocycles. The number of nitro benzene ring substituents is 1. The molecule has 1 amide bonds. The number of aromatic amines is 1. The van der Waals surface area contributed by atoms with Crippen LogP contribution in [-0.2, 0) is 0 Å². The zero-order chi connectivity index (χ0) is 14.9. The van der Waals surface area contributed by atoms with Gasteiger partial charge in [0, 0.05) is 6.07 Å². The summed E-state index contributed by atoms with van der Waals surface area (Å²) in [4.78, 5) is 22.2. The maximum atomic E-state index is 13.2. The van der Waals surface area contributed by atoms with Gasteiger partial charge in [-0.1, -0.05) is 0 Å². The molecule has 0 unspecified atom stereocenters. The van der Waals surface area contributed by atoms with Crippen molar-refractivity contribution in [2.45, 2.75) is 13.8 Å². The summed E-state index contributed by atoms with van der Waals surface area (Å²) in [7, 11) is 0. The number of aryl methyl sites for hydroxylation is 2. The number of nitro groups is 1. The van der Waals surface area contributed by atoms with Gasteiger partial charge >= 0.3 is 0 Å². The van der Waals surface area contributed by atoms with Gasteiger partial charge in [-0.05, 0) is 26.0 Å². The van der Waals surface area contributed by atoms with Gasteiger partial charge in [-0.2, -0.15) is 5.10 Å². The Morgan fingerprint density at radius 1 is 1.45 bits per heavy atom. The van der Waals surface area contributed by atoms with Gasteiger partial charge in [-0.3, -0.25) is 20.0 Å². The maximum absolute atomic E-state index is 13.2. The van der Waals surface area contributed by atoms with Crippen molar-refractivity contribution in [2.24, 2.45) is 0 Å². The summed E-state index contributed by atoms with van der Waals surface area (Å²) in [6, 6.07) is 2.72. The van der Waals surface area contributed by atoms with Crippen molar-refractivity contribution in [1.82, 2.24) is 10.2 Å². The van der Waals surface area contributed by atoms with Crippen LogP contribution in [0.5, 0.6) is 0 Å². The molecular weight excluding hydrogens is 267 g/mol. The number of carbonyl (C=O) groups is 1. The molecule has 2 rings (SSSR count). The molecule has 0 radical (unpaired) electrons. The Bertz CT molecular complexity index is 677. The van der Waals surface area contributed by atoms with Gasteiger partial charge in [0.1, 0.15) is 11.4 Å². The summed E-state index contributed by atoms with van der Waals surface area (Å²) in [6.07, 6.45) is 0. The van der Waals surface area contributed by atoms with Crippen LogP contribution >= 0.6 is 0 Å². The van der Waals surface area contributed by atoms with Crippen molar-refractivity contribution in [3.8, 4) is 0 Å². The number of halogens is 1. The number of nitrogens with one attached hydrogen (secondary N) is 2. The average molecular weight is 278 g/mol. The van der Waals surface area contributed by atoms with Crippen LogP contribution in [0, 0.1) is 29.8 Å². The highest BCUT2D eigenvalue weighted by Crippen LogP contribution is 2.23. The number of carbonyl (C=O) groups excluding carboxylic acids is 1. The molecule has 1 aromatic carbocycles. The van der Waals surface area contributed by atoms with Gasteiger partial charge in [-0.25, -0.2) is 4.39 Å². The molecule has 0 aliphatic heterocycles. The highest BCUT2D eigenvalue weighted by molar-refractivity contribution is 6.07. The van der Waals surface area contributed by atoms with E-state index < -0.39 is 22.3 Å². The van der Waals surface area contributed by atoms with Gasteiger partial charge in [0.05, 0.1) is 22.0 Å². The van der Waals surface area contributed by atoms with E-state index in [9.17, 15) is 19.3 Å². The molecule has 1 heterocycles. The largest absolute Gasteiger partial charge is 0.319 e. The van der Waals surface area contributed by atoms with Crippen LogP contribution in [0.2, 0.25) is 0 Å². The number of rotatable bonds is 3. The lowest BCUT2D eigenvalue weighted by atomic mass is 10.1. The molecule has 2 N–H and O–H groups in total. The summed E-state index contributed by atoms with van der Waals surface area (Å²) in [5.74, 6) is -1.48. The number of H-pyrrole nitrogens is 1. The molecule has 0 spiro atoms. The van der Waals surface area contributed by atoms with Gasteiger partial charge in [0.2, 0.25) is 0 Å². The highest BCUT2D eigenvalue weighted by Gasteiger charge is 2.22. The van der Waals surface area contributed by atoms with Crippen molar-refractivity contribution in [2.75, 3.05) is 5.32 Å². The lowest BCUT2D eigenvalue weighted by Gasteiger charge is -2.06. The van der Waals surface area contributed by atoms with Gasteiger partial charge < -0.3 is 5.32 Å². The Morgan fingerprint density at radius 3 is 2.70 bits per heavy atom. The first-order valence-corrected chi connectivity index (χ1v) is 5.67. The van der Waals surface area contributed by atoms with E-state index in [-0.39, 0.29) is 5.56 Å². The number of aromatic nitrogens is 2. The molecular formula is C12H11FN4O3. The van der Waals surface area contributed by atoms with E-state index in [1.807, 2.05) is 0 Å². The molecule has 20 heavy (non-hydrogen) atoms. The molecule has 8 heteroatoms. The fraction of sp³-hybridized carbons (Fsp3) is 0.167. The molecule has 1 aromatic heterocycles. The van der Waals surface area contributed by atoms with Crippen LogP contribution in [0.15, 0.2) is 18.2 Å². The first-order chi connectivity index (χ1) is 9.40. The molecule has 0 atom stereocenters. The topological polar surface area (TPSA) is 101 Å². The molecule has 0 saturated heterocycles. The summed E-state index contributed by atoms with van der Waals surface area (Å²) in [5, 5.41) is 19.9. The monoisotopic (exact) mass is 278 g/mol. The molecule has 0 aliphatic rings. The minimum absolute atomic E-state index is 0.338. The van der Waals surface area contributed by atoms with E-state index in [1.165, 1.54) is 0 Å². The predicted molar refractivity (Wildman–Crippen MR) is 69.1 cm³/mol. The molecule has 0 saturated carbocycles. The molecule has 7 nitrogen and oxygen atoms in total. The smallest absolute Gasteiger partial charge is 0.282 e. The number of anilines is 1. The van der Waals surface area contributed by atoms with E-state index in [0.717, 1.165) is 18.2 Å². The summed E-state index contributed by atoms with van der Waals surface area (Å²) >= 11 is 0. The predicted octanol–water partition coefficient (Wildman–Crippen LogP) is 2.33. The number of hydrogen-bond donors (Lipinski definition) is 2. The SMILES string of the molecule is Cc1n[nH]c(C)c1NC(=O)c1cc(F)ccc1[N+](=O)[O-]. The number of amides is 1. The normalized spacial score (nSPS) is 10.3. The van der Waals surface area contributed by atoms with Crippen LogP contribution in [0.4, 0.5) is 15.8 Å². The van der Waals surface area contributed by atoms with E-state index in [1.54, 1.807) is 13.8 Å². The summed E-state index contributed by atoms with van der Waals surface area (Å²) < 4.78 is 13.2. The Balaban J connectivity index is 2.39. The van der Waals surface area contributed by atoms with Crippen molar-refractivity contribution >= 4 is 17.3 Å². The zero-order valence-electron chi connectivity index (χ0n) is 10.7. The maximum Gasteiger partial charge on any atom is 0.282 e. The van der Waals surface area contributed by atoms with Crippen molar-refractivity contribution in [3.05, 3.63) is 51.1 Å². The van der Waals surface area contributed by atoms with E-state index in [0.29, 0.717) is 17.1 Å². The first kappa shape index (κ1) is 13.7. The Hall–Kier alpha value is -2.77. The van der Waals surface area contributed by atoms with E-state index >= 15 is 0 Å². The van der Waals surface area contributed by atoms with Crippen LogP contribution in [0.3, 0.4) is 0 Å². The first-order valence-electron chi connectivity index (χ1n) is 5.67. The van der Waals surface area contributed by atoms with Crippen LogP contribution in [0.1, 0.15) is 21.7 Å². The Morgan fingerprint density at radius 2 is 2.15 bits per heavy atom. The number of hydrogen-bond acceptors (Lipinski definition) is 4. The molecule has 2 aromatic rings. The minimum Gasteiger partial charge on any atom is -0.319 e. The number of benzene rings is 1. The number of nitrogens with zero attached hydrogens (tertiary/aromatic N) is 2. The third-order valence-corrected chi connectivity index (χ3v) is 2.77. The summed E-state index contributed by atoms with van der Waals surface area (Å²) in [6.45, 7) is 3.36. The van der Waals surface area contributed by atoms with E-state index in [4.69, 9.17) is 0 Å². The highest BCUT2D eigenvalue weighted by atomic mass is 19.1. The van der Waals surface area contributed by atoms with Crippen molar-refractivity contribution < 1.29 is 14.1 Å². The lowest BCUT2D eigenvalue weighted by molar-refractivity contribution is -0.385. The van der Waals surface area contributed by atoms with Crippen molar-refractivity contribution in [1.29, 1.82) is 0 Å². The van der Waals surface area contributed by atoms with Crippen molar-refractivity contribution in [3.63, 3.8) is 0 Å². The zero-order valence-corrected chi connectivity index (χ0v) is 10.7. The fourth-order valence-electron chi connectivity index (χ4n) is 1.77. The Labute approximate surface area is 113 Å². The van der Waals surface area contributed by atoms with Gasteiger partial charge in [0.15, 0.2) is 0 Å². The minimum atomic E-state index is -0.760. The second-order valence-electron chi connectivity index (χ2n) is 4.18. The van der Waals surface area contributed by atoms with Crippen LogP contribution in [-0.4, -0.2) is 21.0 Å². The van der Waals surface area contributed by atoms with Gasteiger partial charge in [-0.15, -0.1) is 0 Å². The van der Waals surface area contributed by atoms with Crippen LogP contribution < -0.4 is 5.32 Å². The van der Waals surface area contributed by atoms with Gasteiger partial charge in [0.25, 0.3) is 11.6 Å².